The predicted octanol–water partition coefficient (Wildman–Crippen LogP) is 4.88. The molecule has 0 atom stereocenters. The van der Waals surface area contributed by atoms with Crippen LogP contribution in [-0.2, 0) is 4.79 Å². The number of anilines is 2. The molecule has 6 nitrogen and oxygen atoms in total. The van der Waals surface area contributed by atoms with E-state index in [2.05, 4.69) is 43.4 Å². The van der Waals surface area contributed by atoms with Gasteiger partial charge in [-0.05, 0) is 61.9 Å². The van der Waals surface area contributed by atoms with E-state index in [1.807, 2.05) is 32.0 Å². The van der Waals surface area contributed by atoms with Gasteiger partial charge in [-0.15, -0.1) is 35.3 Å². The van der Waals surface area contributed by atoms with E-state index < -0.39 is 0 Å². The quantitative estimate of drug-likeness (QED) is 0.250. The summed E-state index contributed by atoms with van der Waals surface area (Å²) in [4.78, 5) is 19.3. The summed E-state index contributed by atoms with van der Waals surface area (Å²) in [5.74, 6) is 0.679. The van der Waals surface area contributed by atoms with Gasteiger partial charge in [0.15, 0.2) is 5.96 Å². The minimum absolute atomic E-state index is 0. The largest absolute Gasteiger partial charge is 0.363 e. The maximum absolute atomic E-state index is 12.2. The molecule has 1 aromatic carbocycles. The zero-order valence-corrected chi connectivity index (χ0v) is 21.9. The van der Waals surface area contributed by atoms with Crippen LogP contribution in [0.3, 0.4) is 0 Å². The van der Waals surface area contributed by atoms with E-state index in [1.54, 1.807) is 11.3 Å². The van der Waals surface area contributed by atoms with Gasteiger partial charge in [-0.2, -0.15) is 0 Å². The lowest BCUT2D eigenvalue weighted by Gasteiger charge is -2.33. The number of nitrogens with zero attached hydrogens (tertiary/aromatic N) is 2. The van der Waals surface area contributed by atoms with Crippen LogP contribution in [0.5, 0.6) is 0 Å². The van der Waals surface area contributed by atoms with Gasteiger partial charge in [0.2, 0.25) is 5.91 Å². The van der Waals surface area contributed by atoms with Gasteiger partial charge in [-0.1, -0.05) is 17.7 Å². The lowest BCUT2D eigenvalue weighted by molar-refractivity contribution is -0.116. The highest BCUT2D eigenvalue weighted by Gasteiger charge is 2.20. The van der Waals surface area contributed by atoms with E-state index in [4.69, 9.17) is 11.6 Å². The van der Waals surface area contributed by atoms with Gasteiger partial charge in [-0.25, -0.2) is 0 Å². The Morgan fingerprint density at radius 1 is 1.29 bits per heavy atom. The Kier molecular flexibility index (Phi) is 10.9. The van der Waals surface area contributed by atoms with E-state index in [0.29, 0.717) is 29.7 Å². The van der Waals surface area contributed by atoms with Crippen LogP contribution in [0.25, 0.3) is 0 Å². The van der Waals surface area contributed by atoms with Gasteiger partial charge >= 0.3 is 0 Å². The van der Waals surface area contributed by atoms with Gasteiger partial charge in [0, 0.05) is 32.1 Å². The van der Waals surface area contributed by atoms with Crippen molar-refractivity contribution in [2.75, 3.05) is 36.4 Å². The van der Waals surface area contributed by atoms with E-state index in [-0.39, 0.29) is 29.9 Å². The predicted molar refractivity (Wildman–Crippen MR) is 144 cm³/mol. The highest BCUT2D eigenvalue weighted by molar-refractivity contribution is 14.0. The molecular formula is C22H31ClIN5OS. The molecule has 1 fully saturated rings. The smallest absolute Gasteiger partial charge is 0.226 e. The number of aryl methyl sites for hydroxylation is 1. The fraction of sp³-hybridized carbons (Fsp3) is 0.455. The number of guanidine groups is 1. The van der Waals surface area contributed by atoms with Crippen molar-refractivity contribution in [3.05, 3.63) is 46.3 Å². The number of hydrogen-bond donors (Lipinski definition) is 3. The molecule has 170 valence electrons. The third kappa shape index (κ3) is 8.16. The number of thiophene rings is 1. The number of carbonyl (C=O) groups excluding carboxylic acids is 1. The number of nitrogens with one attached hydrogen (secondary N) is 3. The van der Waals surface area contributed by atoms with Crippen molar-refractivity contribution in [1.82, 2.24) is 10.6 Å². The van der Waals surface area contributed by atoms with Crippen LogP contribution < -0.4 is 20.9 Å². The lowest BCUT2D eigenvalue weighted by Crippen LogP contribution is -2.48. The molecule has 31 heavy (non-hydrogen) atoms. The molecule has 3 N–H and O–H groups in total. The Morgan fingerprint density at radius 2 is 2.06 bits per heavy atom. The summed E-state index contributed by atoms with van der Waals surface area (Å²) < 4.78 is 0. The van der Waals surface area contributed by atoms with Crippen LogP contribution in [0.2, 0.25) is 5.02 Å². The Balaban J connectivity index is 0.00000341. The van der Waals surface area contributed by atoms with Crippen molar-refractivity contribution in [3.8, 4) is 0 Å². The molecule has 1 aliphatic rings. The third-order valence-electron chi connectivity index (χ3n) is 5.01. The topological polar surface area (TPSA) is 68.8 Å². The van der Waals surface area contributed by atoms with Crippen LogP contribution in [-0.4, -0.2) is 44.1 Å². The van der Waals surface area contributed by atoms with Crippen molar-refractivity contribution in [1.29, 1.82) is 0 Å². The minimum atomic E-state index is -0.0930. The molecule has 0 aliphatic carbocycles. The first kappa shape index (κ1) is 25.7. The summed E-state index contributed by atoms with van der Waals surface area (Å²) in [5, 5.41) is 13.7. The number of piperidine rings is 1. The second-order valence-electron chi connectivity index (χ2n) is 7.40. The van der Waals surface area contributed by atoms with Crippen molar-refractivity contribution in [2.45, 2.75) is 39.2 Å². The molecule has 0 unspecified atom stereocenters. The Hall–Kier alpha value is -1.52. The van der Waals surface area contributed by atoms with Gasteiger partial charge in [0.25, 0.3) is 0 Å². The molecule has 9 heteroatoms. The maximum atomic E-state index is 12.2. The zero-order valence-electron chi connectivity index (χ0n) is 18.0. The monoisotopic (exact) mass is 575 g/mol. The van der Waals surface area contributed by atoms with Crippen molar-refractivity contribution < 1.29 is 4.79 Å². The van der Waals surface area contributed by atoms with E-state index in [9.17, 15) is 4.79 Å². The summed E-state index contributed by atoms with van der Waals surface area (Å²) >= 11 is 7.98. The van der Waals surface area contributed by atoms with Crippen LogP contribution >= 0.6 is 46.9 Å². The minimum Gasteiger partial charge on any atom is -0.363 e. The molecule has 3 rings (SSSR count). The summed E-state index contributed by atoms with van der Waals surface area (Å²) in [6, 6.07) is 10.3. The molecule has 1 saturated heterocycles. The molecule has 1 aromatic heterocycles. The van der Waals surface area contributed by atoms with Crippen LogP contribution in [0.15, 0.2) is 40.7 Å². The number of benzene rings is 1. The fourth-order valence-electron chi connectivity index (χ4n) is 3.41. The van der Waals surface area contributed by atoms with E-state index in [0.717, 1.165) is 44.0 Å². The molecular weight excluding hydrogens is 545 g/mol. The number of hydrogen-bond acceptors (Lipinski definition) is 4. The molecule has 2 aromatic rings. The summed E-state index contributed by atoms with van der Waals surface area (Å²) in [7, 11) is 0. The second-order valence-corrected chi connectivity index (χ2v) is 8.73. The van der Waals surface area contributed by atoms with Gasteiger partial charge in [0.05, 0.1) is 22.3 Å². The second kappa shape index (κ2) is 13.1. The Morgan fingerprint density at radius 3 is 2.71 bits per heavy atom. The van der Waals surface area contributed by atoms with E-state index >= 15 is 0 Å². The number of amides is 1. The first-order valence-corrected chi connectivity index (χ1v) is 11.7. The average Bonchev–Trinajstić information content (AvgIpc) is 3.26. The highest BCUT2D eigenvalue weighted by Crippen LogP contribution is 2.25. The van der Waals surface area contributed by atoms with Crippen LogP contribution in [0, 0.1) is 6.92 Å². The number of aliphatic imine (C=N–C) groups is 1. The van der Waals surface area contributed by atoms with Crippen LogP contribution in [0.1, 0.15) is 31.7 Å². The molecule has 0 bridgehead atoms. The molecule has 0 radical (unpaired) electrons. The molecule has 0 saturated carbocycles. The third-order valence-corrected chi connectivity index (χ3v) is 6.25. The van der Waals surface area contributed by atoms with Crippen molar-refractivity contribution in [2.24, 2.45) is 4.99 Å². The first-order valence-electron chi connectivity index (χ1n) is 10.4. The fourth-order valence-corrected chi connectivity index (χ4v) is 4.48. The summed E-state index contributed by atoms with van der Waals surface area (Å²) in [6.07, 6.45) is 2.43. The standard InChI is InChI=1S/C22H30ClN5OS.HI/c1-3-24-22(26-17-9-12-28(13-10-17)21-5-4-14-30-21)25-11-8-20(29)27-19-7-6-16(2)15-18(19)23;/h4-7,14-15,17H,3,8-13H2,1-2H3,(H,27,29)(H2,24,25,26);1H. The van der Waals surface area contributed by atoms with Gasteiger partial charge in [0.1, 0.15) is 0 Å². The number of rotatable bonds is 7. The van der Waals surface area contributed by atoms with E-state index in [1.165, 1.54) is 5.00 Å². The van der Waals surface area contributed by atoms with Gasteiger partial charge < -0.3 is 20.9 Å². The van der Waals surface area contributed by atoms with Crippen molar-refractivity contribution >= 4 is 69.5 Å². The molecule has 1 aliphatic heterocycles. The van der Waals surface area contributed by atoms with Gasteiger partial charge in [-0.3, -0.25) is 9.79 Å². The first-order chi connectivity index (χ1) is 14.5. The zero-order chi connectivity index (χ0) is 21.3. The van der Waals surface area contributed by atoms with Crippen LogP contribution in [0.4, 0.5) is 10.7 Å². The Bertz CT molecular complexity index is 854. The molecule has 1 amide bonds. The molecule has 0 spiro atoms. The highest BCUT2D eigenvalue weighted by atomic mass is 127. The number of halogens is 2. The van der Waals surface area contributed by atoms with Crippen molar-refractivity contribution in [3.63, 3.8) is 0 Å². The maximum Gasteiger partial charge on any atom is 0.226 e. The molecule has 2 heterocycles. The lowest BCUT2D eigenvalue weighted by atomic mass is 10.1. The average molecular weight is 576 g/mol. The normalized spacial score (nSPS) is 14.7. The SMILES string of the molecule is CCNC(=NCCC(=O)Nc1ccc(C)cc1Cl)NC1CCN(c2cccs2)CC1.I. The summed E-state index contributed by atoms with van der Waals surface area (Å²) in [6.45, 7) is 7.29. The Labute approximate surface area is 210 Å². The summed E-state index contributed by atoms with van der Waals surface area (Å²) in [5.41, 5.74) is 1.70. The number of carbonyl (C=O) groups is 1.